The molecule has 0 aromatic carbocycles. The van der Waals surface area contributed by atoms with Gasteiger partial charge in [-0.1, -0.05) is 0 Å². The predicted molar refractivity (Wildman–Crippen MR) is 80.5 cm³/mol. The Hall–Kier alpha value is -1.95. The zero-order valence-corrected chi connectivity index (χ0v) is 12.1. The Morgan fingerprint density at radius 2 is 2.20 bits per heavy atom. The summed E-state index contributed by atoms with van der Waals surface area (Å²) in [5.74, 6) is 0.403. The van der Waals surface area contributed by atoms with Crippen molar-refractivity contribution in [3.05, 3.63) is 34.5 Å². The first kappa shape index (κ1) is 13.1. The van der Waals surface area contributed by atoms with Gasteiger partial charge in [-0.2, -0.15) is 0 Å². The molecule has 20 heavy (non-hydrogen) atoms. The summed E-state index contributed by atoms with van der Waals surface area (Å²) < 4.78 is 0. The summed E-state index contributed by atoms with van der Waals surface area (Å²) in [5.41, 5.74) is 1.68. The number of rotatable bonds is 3. The fraction of sp³-hybridized carbons (Fsp3) is 0.357. The lowest BCUT2D eigenvalue weighted by Gasteiger charge is -2.06. The summed E-state index contributed by atoms with van der Waals surface area (Å²) in [4.78, 5) is 22.2. The van der Waals surface area contributed by atoms with E-state index in [2.05, 4.69) is 20.6 Å². The second-order valence-corrected chi connectivity index (χ2v) is 5.78. The number of aryl methyl sites for hydroxylation is 2. The van der Waals surface area contributed by atoms with Crippen molar-refractivity contribution in [3.8, 4) is 0 Å². The van der Waals surface area contributed by atoms with Crippen LogP contribution in [0, 0.1) is 0 Å². The fourth-order valence-electron chi connectivity index (χ4n) is 2.36. The first-order valence-corrected chi connectivity index (χ1v) is 7.52. The number of nitrogens with one attached hydrogen (secondary N) is 2. The number of thiazole rings is 1. The molecule has 0 fully saturated rings. The molecule has 0 spiro atoms. The van der Waals surface area contributed by atoms with E-state index in [0.717, 1.165) is 18.5 Å². The maximum Gasteiger partial charge on any atom is 0.261 e. The largest absolute Gasteiger partial charge is 0.372 e. The molecule has 2 aromatic rings. The molecule has 2 aromatic heterocycles. The van der Waals surface area contributed by atoms with Crippen molar-refractivity contribution in [2.45, 2.75) is 25.7 Å². The number of fused-ring (bicyclic) bond motifs is 1. The van der Waals surface area contributed by atoms with Crippen LogP contribution in [0.15, 0.2) is 18.3 Å². The minimum atomic E-state index is -0.173. The summed E-state index contributed by atoms with van der Waals surface area (Å²) in [7, 11) is 1.75. The van der Waals surface area contributed by atoms with Gasteiger partial charge in [0, 0.05) is 18.1 Å². The summed E-state index contributed by atoms with van der Waals surface area (Å²) in [6.07, 6.45) is 6.17. The van der Waals surface area contributed by atoms with Gasteiger partial charge in [0.2, 0.25) is 0 Å². The van der Waals surface area contributed by atoms with Crippen LogP contribution < -0.4 is 10.6 Å². The van der Waals surface area contributed by atoms with Crippen LogP contribution in [0.25, 0.3) is 0 Å². The van der Waals surface area contributed by atoms with Crippen LogP contribution in [0.2, 0.25) is 0 Å². The van der Waals surface area contributed by atoms with Crippen molar-refractivity contribution in [1.82, 2.24) is 9.97 Å². The third-order valence-corrected chi connectivity index (χ3v) is 4.43. The van der Waals surface area contributed by atoms with Gasteiger partial charge in [-0.3, -0.25) is 10.1 Å². The van der Waals surface area contributed by atoms with Crippen molar-refractivity contribution in [3.63, 3.8) is 0 Å². The number of hydrogen-bond acceptors (Lipinski definition) is 5. The summed E-state index contributed by atoms with van der Waals surface area (Å²) in [6, 6.07) is 3.50. The molecule has 5 nitrogen and oxygen atoms in total. The van der Waals surface area contributed by atoms with Crippen molar-refractivity contribution >= 4 is 28.2 Å². The van der Waals surface area contributed by atoms with Gasteiger partial charge in [-0.25, -0.2) is 9.97 Å². The topological polar surface area (TPSA) is 66.9 Å². The zero-order chi connectivity index (χ0) is 13.9. The lowest BCUT2D eigenvalue weighted by atomic mass is 10.0. The molecule has 3 rings (SSSR count). The Morgan fingerprint density at radius 3 is 3.00 bits per heavy atom. The Balaban J connectivity index is 1.80. The second-order valence-electron chi connectivity index (χ2n) is 4.70. The van der Waals surface area contributed by atoms with Gasteiger partial charge in [0.1, 0.15) is 5.82 Å². The highest BCUT2D eigenvalue weighted by Crippen LogP contribution is 2.29. The maximum absolute atomic E-state index is 12.3. The average Bonchev–Trinajstić information content (AvgIpc) is 2.89. The van der Waals surface area contributed by atoms with E-state index < -0.39 is 0 Å². The van der Waals surface area contributed by atoms with Crippen LogP contribution in [0.5, 0.6) is 0 Å². The maximum atomic E-state index is 12.3. The molecule has 0 unspecified atom stereocenters. The molecule has 2 heterocycles. The Kier molecular flexibility index (Phi) is 3.64. The van der Waals surface area contributed by atoms with E-state index in [1.807, 2.05) is 0 Å². The lowest BCUT2D eigenvalue weighted by Crippen LogP contribution is -2.14. The Morgan fingerprint density at radius 1 is 1.35 bits per heavy atom. The number of anilines is 2. The summed E-state index contributed by atoms with van der Waals surface area (Å²) in [5, 5.41) is 6.49. The molecule has 2 N–H and O–H groups in total. The van der Waals surface area contributed by atoms with Gasteiger partial charge in [0.05, 0.1) is 11.3 Å². The molecule has 1 aliphatic rings. The van der Waals surface area contributed by atoms with Gasteiger partial charge < -0.3 is 5.32 Å². The average molecular weight is 288 g/mol. The Labute approximate surface area is 121 Å². The first-order valence-electron chi connectivity index (χ1n) is 6.70. The van der Waals surface area contributed by atoms with E-state index in [1.165, 1.54) is 17.7 Å². The van der Waals surface area contributed by atoms with E-state index >= 15 is 0 Å². The zero-order valence-electron chi connectivity index (χ0n) is 11.3. The van der Waals surface area contributed by atoms with Crippen molar-refractivity contribution < 1.29 is 4.79 Å². The third kappa shape index (κ3) is 2.51. The smallest absolute Gasteiger partial charge is 0.261 e. The van der Waals surface area contributed by atoms with Crippen LogP contribution in [0.3, 0.4) is 0 Å². The molecule has 0 atom stereocenters. The van der Waals surface area contributed by atoms with E-state index in [1.54, 1.807) is 36.7 Å². The quantitative estimate of drug-likeness (QED) is 0.911. The van der Waals surface area contributed by atoms with Crippen molar-refractivity contribution in [2.75, 3.05) is 17.7 Å². The van der Waals surface area contributed by atoms with Gasteiger partial charge >= 0.3 is 0 Å². The fourth-order valence-corrected chi connectivity index (χ4v) is 3.40. The monoisotopic (exact) mass is 288 g/mol. The van der Waals surface area contributed by atoms with Gasteiger partial charge in [-0.05, 0) is 37.8 Å². The van der Waals surface area contributed by atoms with Gasteiger partial charge in [0.25, 0.3) is 5.91 Å². The predicted octanol–water partition coefficient (Wildman–Crippen LogP) is 2.71. The molecule has 6 heteroatoms. The molecule has 104 valence electrons. The molecular formula is C14H16N4OS. The first-order chi connectivity index (χ1) is 9.78. The van der Waals surface area contributed by atoms with Crippen LogP contribution in [0.4, 0.5) is 10.9 Å². The molecular weight excluding hydrogens is 272 g/mol. The number of amides is 1. The number of hydrogen-bond donors (Lipinski definition) is 2. The molecule has 1 aliphatic carbocycles. The third-order valence-electron chi connectivity index (χ3n) is 3.36. The second kappa shape index (κ2) is 5.58. The number of pyridine rings is 1. The van der Waals surface area contributed by atoms with E-state index in [9.17, 15) is 4.79 Å². The molecule has 0 saturated carbocycles. The molecule has 1 amide bonds. The Bertz CT molecular complexity index is 614. The lowest BCUT2D eigenvalue weighted by molar-refractivity contribution is 0.102. The summed E-state index contributed by atoms with van der Waals surface area (Å²) >= 11 is 1.59. The molecule has 0 radical (unpaired) electrons. The highest BCUT2D eigenvalue weighted by Gasteiger charge is 2.18. The van der Waals surface area contributed by atoms with E-state index in [0.29, 0.717) is 16.5 Å². The highest BCUT2D eigenvalue weighted by molar-refractivity contribution is 7.15. The summed E-state index contributed by atoms with van der Waals surface area (Å²) in [6.45, 7) is 0. The van der Waals surface area contributed by atoms with Gasteiger partial charge in [-0.15, -0.1) is 11.3 Å². The normalized spacial score (nSPS) is 13.7. The number of carbonyl (C=O) groups excluding carboxylic acids is 1. The minimum Gasteiger partial charge on any atom is -0.372 e. The molecule has 0 aliphatic heterocycles. The highest BCUT2D eigenvalue weighted by atomic mass is 32.1. The van der Waals surface area contributed by atoms with Crippen LogP contribution >= 0.6 is 11.3 Å². The van der Waals surface area contributed by atoms with Crippen LogP contribution in [-0.2, 0) is 12.8 Å². The molecule has 0 saturated heterocycles. The number of carbonyl (C=O) groups is 1. The van der Waals surface area contributed by atoms with Crippen molar-refractivity contribution in [2.24, 2.45) is 0 Å². The minimum absolute atomic E-state index is 0.173. The number of aromatic nitrogens is 2. The van der Waals surface area contributed by atoms with Crippen molar-refractivity contribution in [1.29, 1.82) is 0 Å². The van der Waals surface area contributed by atoms with E-state index in [-0.39, 0.29) is 5.91 Å². The SMILES string of the molecule is CNc1ncccc1C(=O)Nc1nc2c(s1)CCCC2. The van der Waals surface area contributed by atoms with Crippen LogP contribution in [0.1, 0.15) is 33.8 Å². The standard InChI is InChI=1S/C14H16N4OS/c1-15-12-9(5-4-8-16-12)13(19)18-14-17-10-6-2-3-7-11(10)20-14/h4-5,8H,2-3,6-7H2,1H3,(H,15,16)(H,17,18,19). The number of nitrogens with zero attached hydrogens (tertiary/aromatic N) is 2. The van der Waals surface area contributed by atoms with E-state index in [4.69, 9.17) is 0 Å². The van der Waals surface area contributed by atoms with Crippen LogP contribution in [-0.4, -0.2) is 22.9 Å². The molecule has 0 bridgehead atoms. The van der Waals surface area contributed by atoms with Gasteiger partial charge in [0.15, 0.2) is 5.13 Å².